The zero-order valence-corrected chi connectivity index (χ0v) is 10.7. The molecule has 0 amide bonds. The first-order chi connectivity index (χ1) is 8.58. The van der Waals surface area contributed by atoms with Crippen LogP contribution in [-0.4, -0.2) is 30.8 Å². The molecule has 0 atom stereocenters. The summed E-state index contributed by atoms with van der Waals surface area (Å²) in [6.07, 6.45) is 0.362. The molecule has 0 radical (unpaired) electrons. The first kappa shape index (κ1) is 12.4. The van der Waals surface area contributed by atoms with Crippen LogP contribution < -0.4 is 4.74 Å². The summed E-state index contributed by atoms with van der Waals surface area (Å²) in [6, 6.07) is 4.93. The fourth-order valence-electron chi connectivity index (χ4n) is 1.94. The molecule has 0 aliphatic rings. The summed E-state index contributed by atoms with van der Waals surface area (Å²) in [5, 5.41) is 10.6. The number of aryl methyl sites for hydroxylation is 1. The maximum absolute atomic E-state index is 11.7. The average Bonchev–Trinajstić information content (AvgIpc) is 2.38. The molecule has 2 aromatic rings. The van der Waals surface area contributed by atoms with Crippen LogP contribution in [0.2, 0.25) is 6.32 Å². The van der Waals surface area contributed by atoms with Gasteiger partial charge < -0.3 is 9.84 Å². The molecule has 1 aromatic heterocycles. The molecule has 0 saturated heterocycles. The number of benzene rings is 1. The molecule has 0 fully saturated rings. The Morgan fingerprint density at radius 2 is 2.22 bits per heavy atom. The summed E-state index contributed by atoms with van der Waals surface area (Å²) in [7, 11) is 3.35. The van der Waals surface area contributed by atoms with Crippen LogP contribution in [0.25, 0.3) is 10.9 Å². The number of nitrogens with zero attached hydrogens (tertiary/aromatic N) is 1. The fraction of sp³-hybridized carbons (Fsp3) is 0.231. The lowest BCUT2D eigenvalue weighted by Gasteiger charge is -2.10. The number of hydrogen-bond acceptors (Lipinski definition) is 4. The number of hydrogen-bond donors (Lipinski definition) is 1. The largest absolute Gasteiger partial charge is 0.507 e. The van der Waals surface area contributed by atoms with Crippen molar-refractivity contribution >= 4 is 24.5 Å². The molecule has 0 aliphatic heterocycles. The lowest BCUT2D eigenvalue weighted by molar-refractivity contribution is 0.101. The summed E-state index contributed by atoms with van der Waals surface area (Å²) < 4.78 is 5.21. The maximum atomic E-state index is 11.7. The minimum absolute atomic E-state index is 0.0718. The van der Waals surface area contributed by atoms with Crippen LogP contribution in [-0.2, 0) is 0 Å². The highest BCUT2D eigenvalue weighted by atomic mass is 16.5. The van der Waals surface area contributed by atoms with Gasteiger partial charge in [0.1, 0.15) is 25.0 Å². The van der Waals surface area contributed by atoms with Crippen molar-refractivity contribution in [3.05, 3.63) is 29.5 Å². The van der Waals surface area contributed by atoms with Crippen LogP contribution in [0, 0.1) is 6.92 Å². The molecule has 0 saturated carbocycles. The van der Waals surface area contributed by atoms with Gasteiger partial charge in [0.25, 0.3) is 0 Å². The van der Waals surface area contributed by atoms with E-state index in [4.69, 9.17) is 4.74 Å². The lowest BCUT2D eigenvalue weighted by atomic mass is 9.98. The smallest absolute Gasteiger partial charge is 0.173 e. The Morgan fingerprint density at radius 3 is 2.83 bits per heavy atom. The van der Waals surface area contributed by atoms with Crippen LogP contribution in [0.4, 0.5) is 0 Å². The van der Waals surface area contributed by atoms with Gasteiger partial charge in [-0.05, 0) is 25.4 Å². The van der Waals surface area contributed by atoms with E-state index >= 15 is 0 Å². The molecule has 0 unspecified atom stereocenters. The third-order valence-corrected chi connectivity index (χ3v) is 2.99. The molecular formula is C13H14BNO3. The second-order valence-electron chi connectivity index (χ2n) is 4.09. The number of aromatic nitrogens is 1. The van der Waals surface area contributed by atoms with E-state index < -0.39 is 0 Å². The van der Waals surface area contributed by atoms with Crippen molar-refractivity contribution in [3.63, 3.8) is 0 Å². The predicted molar refractivity (Wildman–Crippen MR) is 72.4 cm³/mol. The molecule has 0 spiro atoms. The topological polar surface area (TPSA) is 59.4 Å². The minimum Gasteiger partial charge on any atom is -0.507 e. The van der Waals surface area contributed by atoms with E-state index in [0.717, 1.165) is 5.56 Å². The highest BCUT2D eigenvalue weighted by Crippen LogP contribution is 2.31. The number of carbonyl (C=O) groups excluding carboxylic acids is 1. The fourth-order valence-corrected chi connectivity index (χ4v) is 1.94. The Morgan fingerprint density at radius 1 is 1.50 bits per heavy atom. The molecular weight excluding hydrogens is 229 g/mol. The molecule has 2 rings (SSSR count). The normalized spacial score (nSPS) is 10.6. The Bertz CT molecular complexity index is 625. The van der Waals surface area contributed by atoms with Crippen molar-refractivity contribution in [2.75, 3.05) is 7.11 Å². The van der Waals surface area contributed by atoms with Gasteiger partial charge in [-0.1, -0.05) is 0 Å². The molecule has 0 bridgehead atoms. The molecule has 4 nitrogen and oxygen atoms in total. The quantitative estimate of drug-likeness (QED) is 0.655. The third-order valence-electron chi connectivity index (χ3n) is 2.99. The van der Waals surface area contributed by atoms with E-state index in [1.54, 1.807) is 27.1 Å². The van der Waals surface area contributed by atoms with Gasteiger partial charge in [-0.2, -0.15) is 0 Å². The van der Waals surface area contributed by atoms with Crippen molar-refractivity contribution in [2.45, 2.75) is 13.2 Å². The van der Waals surface area contributed by atoms with Gasteiger partial charge in [0, 0.05) is 17.0 Å². The predicted octanol–water partition coefficient (Wildman–Crippen LogP) is 1.49. The number of aromatic hydroxyl groups is 1. The summed E-state index contributed by atoms with van der Waals surface area (Å²) in [4.78, 5) is 16.0. The van der Waals surface area contributed by atoms with E-state index in [-0.39, 0.29) is 11.5 Å². The number of carbonyl (C=O) groups is 1. The first-order valence-corrected chi connectivity index (χ1v) is 5.79. The van der Waals surface area contributed by atoms with Crippen LogP contribution in [0.3, 0.4) is 0 Å². The Kier molecular flexibility index (Phi) is 3.23. The zero-order chi connectivity index (χ0) is 13.3. The number of ether oxygens (including phenoxy) is 1. The van der Waals surface area contributed by atoms with E-state index in [1.807, 2.05) is 6.92 Å². The van der Waals surface area contributed by atoms with Crippen LogP contribution >= 0.6 is 0 Å². The summed E-state index contributed by atoms with van der Waals surface area (Å²) >= 11 is 0. The van der Waals surface area contributed by atoms with E-state index in [1.165, 1.54) is 6.07 Å². The summed E-state index contributed by atoms with van der Waals surface area (Å²) in [6.45, 7) is 1.85. The number of methoxy groups -OCH3 is 1. The molecule has 92 valence electrons. The Balaban J connectivity index is 2.76. The lowest BCUT2D eigenvalue weighted by Crippen LogP contribution is -2.02. The van der Waals surface area contributed by atoms with Crippen LogP contribution in [0.5, 0.6) is 11.5 Å². The van der Waals surface area contributed by atoms with Gasteiger partial charge >= 0.3 is 0 Å². The SMILES string of the molecule is BCC(=O)c1cc(O)c2ccc(OC)c(C)c2n1. The van der Waals surface area contributed by atoms with Gasteiger partial charge in [0.2, 0.25) is 0 Å². The molecule has 18 heavy (non-hydrogen) atoms. The van der Waals surface area contributed by atoms with Gasteiger partial charge in [0.15, 0.2) is 5.78 Å². The van der Waals surface area contributed by atoms with E-state index in [0.29, 0.717) is 28.7 Å². The molecule has 1 heterocycles. The van der Waals surface area contributed by atoms with E-state index in [2.05, 4.69) is 4.98 Å². The third kappa shape index (κ3) is 1.92. The molecule has 1 aromatic carbocycles. The number of pyridine rings is 1. The molecule has 5 heteroatoms. The van der Waals surface area contributed by atoms with Gasteiger partial charge in [-0.15, -0.1) is 0 Å². The Hall–Kier alpha value is -2.04. The monoisotopic (exact) mass is 243 g/mol. The zero-order valence-electron chi connectivity index (χ0n) is 10.7. The average molecular weight is 243 g/mol. The highest BCUT2D eigenvalue weighted by molar-refractivity contribution is 6.23. The van der Waals surface area contributed by atoms with Gasteiger partial charge in [-0.3, -0.25) is 4.79 Å². The van der Waals surface area contributed by atoms with Crippen molar-refractivity contribution in [3.8, 4) is 11.5 Å². The number of ketones is 1. The molecule has 0 aliphatic carbocycles. The number of rotatable bonds is 3. The summed E-state index contributed by atoms with van der Waals surface area (Å²) in [5.41, 5.74) is 1.71. The second-order valence-corrected chi connectivity index (χ2v) is 4.09. The molecule has 1 N–H and O–H groups in total. The van der Waals surface area contributed by atoms with Gasteiger partial charge in [0.05, 0.1) is 12.6 Å². The highest BCUT2D eigenvalue weighted by Gasteiger charge is 2.13. The van der Waals surface area contributed by atoms with Crippen molar-refractivity contribution in [2.24, 2.45) is 0 Å². The van der Waals surface area contributed by atoms with Crippen molar-refractivity contribution in [1.82, 2.24) is 4.98 Å². The Labute approximate surface area is 106 Å². The van der Waals surface area contributed by atoms with Crippen LogP contribution in [0.15, 0.2) is 18.2 Å². The van der Waals surface area contributed by atoms with E-state index in [9.17, 15) is 9.90 Å². The first-order valence-electron chi connectivity index (χ1n) is 5.79. The standard InChI is InChI=1S/C13H14BNO3/c1-7-12(18-2)4-3-8-10(16)5-9(11(17)6-14)15-13(7)8/h3-5H,6,14H2,1-2H3,(H,15,16). The maximum Gasteiger partial charge on any atom is 0.173 e. The van der Waals surface area contributed by atoms with Crippen LogP contribution in [0.1, 0.15) is 16.1 Å². The minimum atomic E-state index is -0.0885. The second kappa shape index (κ2) is 4.68. The number of Topliss-reactive ketones (excluding diaryl/α,β-unsaturated/α-hetero) is 1. The van der Waals surface area contributed by atoms with Crippen molar-refractivity contribution < 1.29 is 14.6 Å². The summed E-state index contributed by atoms with van der Waals surface area (Å²) in [5.74, 6) is 0.674. The number of fused-ring (bicyclic) bond motifs is 1. The van der Waals surface area contributed by atoms with Gasteiger partial charge in [-0.25, -0.2) is 4.98 Å². The van der Waals surface area contributed by atoms with Crippen molar-refractivity contribution in [1.29, 1.82) is 0 Å².